The van der Waals surface area contributed by atoms with Crippen LogP contribution in [0.5, 0.6) is 5.75 Å². The summed E-state index contributed by atoms with van der Waals surface area (Å²) >= 11 is 0. The minimum Gasteiger partial charge on any atom is -0.494 e. The fourth-order valence-electron chi connectivity index (χ4n) is 2.64. The molecule has 2 N–H and O–H groups in total. The van der Waals surface area contributed by atoms with E-state index in [1.54, 1.807) is 0 Å². The van der Waals surface area contributed by atoms with Crippen molar-refractivity contribution < 1.29 is 9.47 Å². The summed E-state index contributed by atoms with van der Waals surface area (Å²) in [4.78, 5) is 7.06. The van der Waals surface area contributed by atoms with E-state index in [4.69, 9.17) is 9.47 Å². The van der Waals surface area contributed by atoms with Crippen molar-refractivity contribution in [2.45, 2.75) is 19.8 Å². The topological polar surface area (TPSA) is 58.1 Å². The van der Waals surface area contributed by atoms with Gasteiger partial charge in [0, 0.05) is 39.1 Å². The summed E-state index contributed by atoms with van der Waals surface area (Å²) in [6.07, 6.45) is 2.01. The van der Waals surface area contributed by atoms with Crippen LogP contribution < -0.4 is 15.4 Å². The molecule has 1 fully saturated rings. The lowest BCUT2D eigenvalue weighted by Crippen LogP contribution is -2.40. The average Bonchev–Trinajstić information content (AvgIpc) is 2.66. The minimum atomic E-state index is 0. The maximum atomic E-state index is 5.69. The fraction of sp³-hybridized carbons (Fsp3) is 0.632. The van der Waals surface area contributed by atoms with Crippen molar-refractivity contribution in [2.75, 3.05) is 59.1 Å². The maximum absolute atomic E-state index is 5.69. The van der Waals surface area contributed by atoms with Gasteiger partial charge in [0.2, 0.25) is 0 Å². The third-order valence-electron chi connectivity index (χ3n) is 3.98. The van der Waals surface area contributed by atoms with E-state index in [-0.39, 0.29) is 24.0 Å². The third-order valence-corrected chi connectivity index (χ3v) is 3.98. The van der Waals surface area contributed by atoms with Crippen LogP contribution in [0.3, 0.4) is 0 Å². The molecule has 0 saturated carbocycles. The van der Waals surface area contributed by atoms with Crippen LogP contribution in [0.2, 0.25) is 0 Å². The maximum Gasteiger partial charge on any atom is 0.191 e. The second-order valence-electron chi connectivity index (χ2n) is 6.01. The van der Waals surface area contributed by atoms with E-state index in [1.165, 1.54) is 0 Å². The van der Waals surface area contributed by atoms with E-state index in [0.717, 1.165) is 77.0 Å². The second-order valence-corrected chi connectivity index (χ2v) is 6.01. The van der Waals surface area contributed by atoms with Crippen LogP contribution in [0.1, 0.15) is 19.8 Å². The van der Waals surface area contributed by atoms with Crippen LogP contribution in [0.4, 0.5) is 0 Å². The van der Waals surface area contributed by atoms with E-state index < -0.39 is 0 Å². The van der Waals surface area contributed by atoms with E-state index in [9.17, 15) is 0 Å². The number of aliphatic imine (C=N–C) groups is 1. The molecule has 1 heterocycles. The second kappa shape index (κ2) is 15.0. The number of nitrogens with one attached hydrogen (secondary N) is 2. The SMILES string of the molecule is CCNC(=NCCCOc1ccccc1)NCCCN1CCOCC1.I. The van der Waals surface area contributed by atoms with E-state index in [2.05, 4.69) is 27.4 Å². The number of rotatable bonds is 10. The zero-order valence-corrected chi connectivity index (χ0v) is 18.1. The first-order valence-corrected chi connectivity index (χ1v) is 9.38. The van der Waals surface area contributed by atoms with Gasteiger partial charge in [-0.15, -0.1) is 24.0 Å². The summed E-state index contributed by atoms with van der Waals surface area (Å²) in [5.41, 5.74) is 0. The van der Waals surface area contributed by atoms with Crippen molar-refractivity contribution in [3.05, 3.63) is 30.3 Å². The molecule has 0 atom stereocenters. The number of para-hydroxylation sites is 1. The highest BCUT2D eigenvalue weighted by Crippen LogP contribution is 2.08. The Kier molecular flexibility index (Phi) is 13.3. The van der Waals surface area contributed by atoms with Gasteiger partial charge in [0.15, 0.2) is 5.96 Å². The van der Waals surface area contributed by atoms with Gasteiger partial charge < -0.3 is 20.1 Å². The molecule has 1 aromatic rings. The Balaban J connectivity index is 0.00000338. The predicted octanol–water partition coefficient (Wildman–Crippen LogP) is 2.35. The largest absolute Gasteiger partial charge is 0.494 e. The van der Waals surface area contributed by atoms with Crippen LogP contribution in [0.15, 0.2) is 35.3 Å². The van der Waals surface area contributed by atoms with Crippen LogP contribution in [-0.2, 0) is 4.74 Å². The summed E-state index contributed by atoms with van der Waals surface area (Å²) in [6, 6.07) is 9.91. The molecule has 26 heavy (non-hydrogen) atoms. The van der Waals surface area contributed by atoms with Gasteiger partial charge in [0.1, 0.15) is 5.75 Å². The van der Waals surface area contributed by atoms with Gasteiger partial charge in [0.05, 0.1) is 19.8 Å². The van der Waals surface area contributed by atoms with Gasteiger partial charge in [-0.1, -0.05) is 18.2 Å². The molecule has 0 radical (unpaired) electrons. The van der Waals surface area contributed by atoms with Crippen molar-refractivity contribution in [2.24, 2.45) is 4.99 Å². The summed E-state index contributed by atoms with van der Waals surface area (Å²) in [5, 5.41) is 6.70. The Morgan fingerprint density at radius 1 is 1.15 bits per heavy atom. The highest BCUT2D eigenvalue weighted by Gasteiger charge is 2.09. The van der Waals surface area contributed by atoms with Crippen molar-refractivity contribution >= 4 is 29.9 Å². The van der Waals surface area contributed by atoms with Gasteiger partial charge in [-0.05, 0) is 32.0 Å². The van der Waals surface area contributed by atoms with Gasteiger partial charge in [-0.25, -0.2) is 0 Å². The summed E-state index contributed by atoms with van der Waals surface area (Å²) < 4.78 is 11.1. The third kappa shape index (κ3) is 10.2. The molecule has 0 unspecified atom stereocenters. The molecule has 0 aromatic heterocycles. The number of ether oxygens (including phenoxy) is 2. The molecule has 0 spiro atoms. The lowest BCUT2D eigenvalue weighted by atomic mass is 10.3. The number of guanidine groups is 1. The number of nitrogens with zero attached hydrogens (tertiary/aromatic N) is 2. The smallest absolute Gasteiger partial charge is 0.191 e. The molecular formula is C19H33IN4O2. The Hall–Kier alpha value is -1.06. The molecule has 0 bridgehead atoms. The molecule has 1 aliphatic heterocycles. The summed E-state index contributed by atoms with van der Waals surface area (Å²) in [6.45, 7) is 10.3. The molecule has 1 aliphatic rings. The van der Waals surface area contributed by atoms with Crippen molar-refractivity contribution in [1.82, 2.24) is 15.5 Å². The van der Waals surface area contributed by atoms with Crippen LogP contribution in [-0.4, -0.2) is 69.9 Å². The lowest BCUT2D eigenvalue weighted by molar-refractivity contribution is 0.0376. The highest BCUT2D eigenvalue weighted by atomic mass is 127. The standard InChI is InChI=1S/C19H32N4O2.HI/c1-2-20-19(21-10-6-12-23-13-16-24-17-14-23)22-11-7-15-25-18-8-4-3-5-9-18;/h3-5,8-9H,2,6-7,10-17H2,1H3,(H2,20,21,22);1H. The quantitative estimate of drug-likeness (QED) is 0.235. The zero-order valence-electron chi connectivity index (χ0n) is 15.8. The molecule has 0 amide bonds. The highest BCUT2D eigenvalue weighted by molar-refractivity contribution is 14.0. The van der Waals surface area contributed by atoms with Crippen molar-refractivity contribution in [3.8, 4) is 5.75 Å². The first-order chi connectivity index (χ1) is 12.4. The van der Waals surface area contributed by atoms with E-state index >= 15 is 0 Å². The molecule has 2 rings (SSSR count). The molecule has 1 saturated heterocycles. The van der Waals surface area contributed by atoms with Crippen molar-refractivity contribution in [3.63, 3.8) is 0 Å². The summed E-state index contributed by atoms with van der Waals surface area (Å²) in [7, 11) is 0. The van der Waals surface area contributed by atoms with Crippen LogP contribution in [0.25, 0.3) is 0 Å². The molecule has 148 valence electrons. The first-order valence-electron chi connectivity index (χ1n) is 9.38. The van der Waals surface area contributed by atoms with Gasteiger partial charge in [-0.3, -0.25) is 9.89 Å². The van der Waals surface area contributed by atoms with Crippen LogP contribution >= 0.6 is 24.0 Å². The number of benzene rings is 1. The zero-order chi connectivity index (χ0) is 17.6. The van der Waals surface area contributed by atoms with E-state index in [1.807, 2.05) is 30.3 Å². The first kappa shape index (κ1) is 23.0. The lowest BCUT2D eigenvalue weighted by Gasteiger charge is -2.26. The predicted molar refractivity (Wildman–Crippen MR) is 118 cm³/mol. The van der Waals surface area contributed by atoms with Crippen LogP contribution in [0, 0.1) is 0 Å². The van der Waals surface area contributed by atoms with E-state index in [0.29, 0.717) is 6.61 Å². The number of hydrogen-bond acceptors (Lipinski definition) is 4. The summed E-state index contributed by atoms with van der Waals surface area (Å²) in [5.74, 6) is 1.81. The Morgan fingerprint density at radius 3 is 2.65 bits per heavy atom. The fourth-order valence-corrected chi connectivity index (χ4v) is 2.64. The average molecular weight is 476 g/mol. The Labute approximate surface area is 174 Å². The normalized spacial score (nSPS) is 15.2. The molecular weight excluding hydrogens is 443 g/mol. The van der Waals surface area contributed by atoms with Gasteiger partial charge in [-0.2, -0.15) is 0 Å². The number of halogens is 1. The van der Waals surface area contributed by atoms with Gasteiger partial charge in [0.25, 0.3) is 0 Å². The molecule has 7 heteroatoms. The molecule has 6 nitrogen and oxygen atoms in total. The van der Waals surface area contributed by atoms with Crippen molar-refractivity contribution in [1.29, 1.82) is 0 Å². The Bertz CT molecular complexity index is 482. The minimum absolute atomic E-state index is 0. The molecule has 0 aliphatic carbocycles. The number of hydrogen-bond donors (Lipinski definition) is 2. The monoisotopic (exact) mass is 476 g/mol. The van der Waals surface area contributed by atoms with Gasteiger partial charge >= 0.3 is 0 Å². The molecule has 1 aromatic carbocycles. The Morgan fingerprint density at radius 2 is 1.92 bits per heavy atom. The number of morpholine rings is 1.